The molecule has 0 unspecified atom stereocenters. The third-order valence-electron chi connectivity index (χ3n) is 4.98. The Morgan fingerprint density at radius 1 is 1.17 bits per heavy atom. The van der Waals surface area contributed by atoms with Crippen LogP contribution in [0.25, 0.3) is 27.7 Å². The summed E-state index contributed by atoms with van der Waals surface area (Å²) >= 11 is 0. The summed E-state index contributed by atoms with van der Waals surface area (Å²) in [4.78, 5) is 12.3. The monoisotopic (exact) mass is 407 g/mol. The molecule has 158 valence electrons. The second kappa shape index (κ2) is 10.0. The minimum absolute atomic E-state index is 0.0916. The van der Waals surface area contributed by atoms with Crippen LogP contribution in [0.3, 0.4) is 0 Å². The lowest BCUT2D eigenvalue weighted by Crippen LogP contribution is -2.22. The number of hydrogen-bond donors (Lipinski definition) is 1. The normalized spacial score (nSPS) is 11.5. The first kappa shape index (κ1) is 21.5. The van der Waals surface area contributed by atoms with E-state index in [9.17, 15) is 4.79 Å². The lowest BCUT2D eigenvalue weighted by Gasteiger charge is -2.12. The fourth-order valence-electron chi connectivity index (χ4n) is 3.35. The van der Waals surface area contributed by atoms with Crippen molar-refractivity contribution in [2.24, 2.45) is 0 Å². The van der Waals surface area contributed by atoms with E-state index in [4.69, 9.17) is 13.9 Å². The van der Waals surface area contributed by atoms with Crippen LogP contribution in [0.4, 0.5) is 0 Å². The maximum atomic E-state index is 12.3. The molecule has 0 bridgehead atoms. The van der Waals surface area contributed by atoms with Crippen molar-refractivity contribution >= 4 is 22.4 Å². The Balaban J connectivity index is 2.01. The molecule has 1 heterocycles. The van der Waals surface area contributed by atoms with Gasteiger partial charge in [0.25, 0.3) is 0 Å². The second-order valence-corrected chi connectivity index (χ2v) is 7.13. The van der Waals surface area contributed by atoms with E-state index in [1.165, 1.54) is 0 Å². The molecular weight excluding hydrogens is 378 g/mol. The Labute approximate surface area is 177 Å². The Morgan fingerprint density at radius 2 is 1.93 bits per heavy atom. The fraction of sp³-hybridized carbons (Fsp3) is 0.320. The maximum absolute atomic E-state index is 12.3. The van der Waals surface area contributed by atoms with Crippen LogP contribution in [0.15, 0.2) is 53.2 Å². The van der Waals surface area contributed by atoms with Gasteiger partial charge in [-0.25, -0.2) is 0 Å². The van der Waals surface area contributed by atoms with Crippen molar-refractivity contribution in [3.8, 4) is 22.6 Å². The number of carbonyl (C=O) groups is 1. The van der Waals surface area contributed by atoms with Crippen LogP contribution in [0.5, 0.6) is 11.5 Å². The number of amides is 1. The van der Waals surface area contributed by atoms with E-state index in [0.29, 0.717) is 18.9 Å². The maximum Gasteiger partial charge on any atom is 0.244 e. The van der Waals surface area contributed by atoms with Crippen LogP contribution in [0.2, 0.25) is 0 Å². The average molecular weight is 408 g/mol. The predicted molar refractivity (Wildman–Crippen MR) is 121 cm³/mol. The molecule has 1 aromatic heterocycles. The van der Waals surface area contributed by atoms with Crippen molar-refractivity contribution in [1.82, 2.24) is 5.32 Å². The summed E-state index contributed by atoms with van der Waals surface area (Å²) in [6.07, 6.45) is 5.40. The van der Waals surface area contributed by atoms with E-state index in [-0.39, 0.29) is 5.91 Å². The molecule has 0 aliphatic rings. The number of methoxy groups -OCH3 is 1. The Hall–Kier alpha value is -3.21. The van der Waals surface area contributed by atoms with Crippen molar-refractivity contribution in [3.63, 3.8) is 0 Å². The first-order valence-electron chi connectivity index (χ1n) is 10.4. The molecule has 0 aliphatic carbocycles. The van der Waals surface area contributed by atoms with Crippen LogP contribution in [0, 0.1) is 0 Å². The zero-order valence-electron chi connectivity index (χ0n) is 18.1. The molecule has 1 N–H and O–H groups in total. The van der Waals surface area contributed by atoms with Crippen molar-refractivity contribution in [2.75, 3.05) is 20.3 Å². The highest BCUT2D eigenvalue weighted by molar-refractivity contribution is 6.00. The molecule has 0 saturated carbocycles. The van der Waals surface area contributed by atoms with E-state index < -0.39 is 0 Å². The van der Waals surface area contributed by atoms with Crippen LogP contribution in [-0.4, -0.2) is 26.2 Å². The Bertz CT molecular complexity index is 1030. The largest absolute Gasteiger partial charge is 0.497 e. The van der Waals surface area contributed by atoms with Gasteiger partial charge in [-0.3, -0.25) is 4.79 Å². The first-order valence-corrected chi connectivity index (χ1v) is 10.4. The van der Waals surface area contributed by atoms with Crippen molar-refractivity contribution < 1.29 is 18.7 Å². The topological polar surface area (TPSA) is 60.7 Å². The molecule has 30 heavy (non-hydrogen) atoms. The van der Waals surface area contributed by atoms with Gasteiger partial charge in [-0.15, -0.1) is 0 Å². The zero-order valence-corrected chi connectivity index (χ0v) is 18.1. The number of ether oxygens (including phenoxy) is 2. The Kier molecular flexibility index (Phi) is 7.17. The fourth-order valence-corrected chi connectivity index (χ4v) is 3.35. The number of hydrogen-bond acceptors (Lipinski definition) is 4. The summed E-state index contributed by atoms with van der Waals surface area (Å²) in [6, 6.07) is 11.8. The van der Waals surface area contributed by atoms with Crippen LogP contribution in [0.1, 0.15) is 39.2 Å². The summed E-state index contributed by atoms with van der Waals surface area (Å²) in [5.74, 6) is 1.42. The molecule has 5 heteroatoms. The van der Waals surface area contributed by atoms with Gasteiger partial charge in [0.15, 0.2) is 0 Å². The first-order chi connectivity index (χ1) is 14.6. The third kappa shape index (κ3) is 4.85. The third-order valence-corrected chi connectivity index (χ3v) is 4.98. The molecule has 1 amide bonds. The smallest absolute Gasteiger partial charge is 0.244 e. The van der Waals surface area contributed by atoms with E-state index in [1.807, 2.05) is 50.2 Å². The number of rotatable bonds is 9. The van der Waals surface area contributed by atoms with Gasteiger partial charge < -0.3 is 19.2 Å². The lowest BCUT2D eigenvalue weighted by atomic mass is 9.99. The molecule has 2 aromatic carbocycles. The summed E-state index contributed by atoms with van der Waals surface area (Å²) in [5.41, 5.74) is 4.48. The van der Waals surface area contributed by atoms with Gasteiger partial charge in [0.2, 0.25) is 5.91 Å². The van der Waals surface area contributed by atoms with Gasteiger partial charge in [0.05, 0.1) is 20.0 Å². The Morgan fingerprint density at radius 3 is 2.60 bits per heavy atom. The van der Waals surface area contributed by atoms with Crippen LogP contribution >= 0.6 is 0 Å². The van der Waals surface area contributed by atoms with E-state index >= 15 is 0 Å². The van der Waals surface area contributed by atoms with Gasteiger partial charge in [-0.1, -0.05) is 25.5 Å². The van der Waals surface area contributed by atoms with Gasteiger partial charge in [0, 0.05) is 35.2 Å². The van der Waals surface area contributed by atoms with E-state index in [2.05, 4.69) is 12.2 Å². The number of allylic oxidation sites excluding steroid dienone is 1. The predicted octanol–water partition coefficient (Wildman–Crippen LogP) is 5.83. The average Bonchev–Trinajstić information content (AvgIpc) is 3.16. The van der Waals surface area contributed by atoms with Crippen LogP contribution < -0.4 is 14.8 Å². The number of unbranched alkanes of at least 4 members (excludes halogenated alkanes) is 1. The standard InChI is InChI=1S/C25H29NO4/c1-5-7-12-26-25(27)13-17(3)20-14-21-22(18-8-10-19(28-4)11-9-18)16-30-24(21)15-23(20)29-6-2/h8-11,13-16H,5-7,12H2,1-4H3,(H,26,27)/b17-13+. The highest BCUT2D eigenvalue weighted by atomic mass is 16.5. The number of fused-ring (bicyclic) bond motifs is 1. The van der Waals surface area contributed by atoms with Gasteiger partial charge >= 0.3 is 0 Å². The SMILES string of the molecule is CCCCNC(=O)/C=C(\C)c1cc2c(-c3ccc(OC)cc3)coc2cc1OCC. The minimum atomic E-state index is -0.0916. The molecule has 0 atom stereocenters. The second-order valence-electron chi connectivity index (χ2n) is 7.13. The molecule has 0 radical (unpaired) electrons. The van der Waals surface area contributed by atoms with E-state index in [1.54, 1.807) is 19.4 Å². The van der Waals surface area contributed by atoms with Gasteiger partial charge in [-0.2, -0.15) is 0 Å². The molecule has 0 aliphatic heterocycles. The molecule has 5 nitrogen and oxygen atoms in total. The molecule has 0 spiro atoms. The number of furan rings is 1. The molecule has 0 fully saturated rings. The number of benzene rings is 2. The lowest BCUT2D eigenvalue weighted by molar-refractivity contribution is -0.116. The molecule has 3 aromatic rings. The highest BCUT2D eigenvalue weighted by Crippen LogP contribution is 2.37. The summed E-state index contributed by atoms with van der Waals surface area (Å²) in [5, 5.41) is 3.90. The summed E-state index contributed by atoms with van der Waals surface area (Å²) in [7, 11) is 1.65. The summed E-state index contributed by atoms with van der Waals surface area (Å²) in [6.45, 7) is 7.17. The summed E-state index contributed by atoms with van der Waals surface area (Å²) < 4.78 is 16.9. The molecular formula is C25H29NO4. The van der Waals surface area contributed by atoms with E-state index in [0.717, 1.165) is 51.8 Å². The van der Waals surface area contributed by atoms with Crippen molar-refractivity contribution in [3.05, 3.63) is 54.3 Å². The number of nitrogens with one attached hydrogen (secondary N) is 1. The van der Waals surface area contributed by atoms with Gasteiger partial charge in [-0.05, 0) is 49.6 Å². The number of carbonyl (C=O) groups excluding carboxylic acids is 1. The van der Waals surface area contributed by atoms with Crippen molar-refractivity contribution in [2.45, 2.75) is 33.6 Å². The van der Waals surface area contributed by atoms with Gasteiger partial charge in [0.1, 0.15) is 17.1 Å². The van der Waals surface area contributed by atoms with Crippen molar-refractivity contribution in [1.29, 1.82) is 0 Å². The molecule has 0 saturated heterocycles. The highest BCUT2D eigenvalue weighted by Gasteiger charge is 2.15. The zero-order chi connectivity index (χ0) is 21.5. The minimum Gasteiger partial charge on any atom is -0.497 e. The van der Waals surface area contributed by atoms with Crippen LogP contribution in [-0.2, 0) is 4.79 Å². The molecule has 3 rings (SSSR count). The quantitative estimate of drug-likeness (QED) is 0.358.